The fourth-order valence-corrected chi connectivity index (χ4v) is 2.42. The van der Waals surface area contributed by atoms with Gasteiger partial charge >= 0.3 is 5.97 Å². The first-order valence-corrected chi connectivity index (χ1v) is 6.73. The van der Waals surface area contributed by atoms with Crippen molar-refractivity contribution in [1.29, 1.82) is 0 Å². The number of halogens is 1. The van der Waals surface area contributed by atoms with Crippen LogP contribution in [0.1, 0.15) is 16.7 Å². The number of carbonyl (C=O) groups is 1. The number of benzene rings is 2. The molecule has 0 bridgehead atoms. The zero-order valence-corrected chi connectivity index (χ0v) is 11.8. The smallest absolute Gasteiger partial charge is 0.315 e. The maximum absolute atomic E-state index is 13.5. The number of nitrogens with two attached hydrogens (primary N) is 1. The molecule has 21 heavy (non-hydrogen) atoms. The molecule has 0 radical (unpaired) electrons. The van der Waals surface area contributed by atoms with Gasteiger partial charge in [-0.1, -0.05) is 42.0 Å². The zero-order chi connectivity index (χ0) is 15.5. The predicted molar refractivity (Wildman–Crippen MR) is 79.7 cm³/mol. The average molecular weight is 287 g/mol. The Hall–Kier alpha value is -2.20. The molecule has 0 aliphatic carbocycles. The molecule has 0 spiro atoms. The fraction of sp³-hybridized carbons (Fsp3) is 0.235. The predicted octanol–water partition coefficient (Wildman–Crippen LogP) is 2.66. The van der Waals surface area contributed by atoms with Crippen molar-refractivity contribution in [3.8, 4) is 0 Å². The molecule has 0 saturated heterocycles. The second kappa shape index (κ2) is 6.06. The SMILES string of the molecule is Cc1ccc(CC(CN)(C(=O)O)c2cccc(F)c2)cc1. The summed E-state index contributed by atoms with van der Waals surface area (Å²) in [4.78, 5) is 11.8. The number of aryl methyl sites for hydroxylation is 1. The number of aliphatic carboxylic acids is 1. The molecular weight excluding hydrogens is 269 g/mol. The highest BCUT2D eigenvalue weighted by Crippen LogP contribution is 2.29. The molecule has 0 aromatic heterocycles. The summed E-state index contributed by atoms with van der Waals surface area (Å²) in [6.07, 6.45) is 0.225. The van der Waals surface area contributed by atoms with Gasteiger partial charge in [-0.25, -0.2) is 4.39 Å². The van der Waals surface area contributed by atoms with Crippen LogP contribution in [0, 0.1) is 12.7 Å². The molecule has 0 aliphatic rings. The summed E-state index contributed by atoms with van der Waals surface area (Å²) in [6, 6.07) is 13.2. The normalized spacial score (nSPS) is 13.7. The number of carboxylic acids is 1. The highest BCUT2D eigenvalue weighted by atomic mass is 19.1. The van der Waals surface area contributed by atoms with Crippen LogP contribution in [-0.4, -0.2) is 17.6 Å². The van der Waals surface area contributed by atoms with E-state index < -0.39 is 17.2 Å². The van der Waals surface area contributed by atoms with Crippen LogP contribution in [-0.2, 0) is 16.6 Å². The first-order valence-electron chi connectivity index (χ1n) is 6.73. The molecule has 0 heterocycles. The molecule has 0 amide bonds. The summed E-state index contributed by atoms with van der Waals surface area (Å²) in [5.74, 6) is -1.51. The van der Waals surface area contributed by atoms with Crippen molar-refractivity contribution < 1.29 is 14.3 Å². The van der Waals surface area contributed by atoms with Gasteiger partial charge in [-0.2, -0.15) is 0 Å². The molecule has 3 N–H and O–H groups in total. The van der Waals surface area contributed by atoms with E-state index in [2.05, 4.69) is 0 Å². The molecule has 0 aliphatic heterocycles. The van der Waals surface area contributed by atoms with Crippen LogP contribution < -0.4 is 5.73 Å². The van der Waals surface area contributed by atoms with Gasteiger partial charge in [0.25, 0.3) is 0 Å². The van der Waals surface area contributed by atoms with Gasteiger partial charge in [-0.3, -0.25) is 4.79 Å². The third-order valence-corrected chi connectivity index (χ3v) is 3.76. The summed E-state index contributed by atoms with van der Waals surface area (Å²) in [7, 11) is 0. The Morgan fingerprint density at radius 2 is 1.90 bits per heavy atom. The van der Waals surface area contributed by atoms with Crippen molar-refractivity contribution in [1.82, 2.24) is 0 Å². The number of hydrogen-bond acceptors (Lipinski definition) is 2. The van der Waals surface area contributed by atoms with Gasteiger partial charge < -0.3 is 10.8 Å². The minimum absolute atomic E-state index is 0.0976. The summed E-state index contributed by atoms with van der Waals surface area (Å²) < 4.78 is 13.5. The van der Waals surface area contributed by atoms with Crippen LogP contribution in [0.4, 0.5) is 4.39 Å². The lowest BCUT2D eigenvalue weighted by Crippen LogP contribution is -2.45. The first kappa shape index (κ1) is 15.2. The summed E-state index contributed by atoms with van der Waals surface area (Å²) in [5, 5.41) is 9.68. The van der Waals surface area contributed by atoms with Crippen LogP contribution >= 0.6 is 0 Å². The average Bonchev–Trinajstić information content (AvgIpc) is 2.46. The monoisotopic (exact) mass is 287 g/mol. The lowest BCUT2D eigenvalue weighted by atomic mass is 9.75. The van der Waals surface area contributed by atoms with Crippen LogP contribution in [0.2, 0.25) is 0 Å². The largest absolute Gasteiger partial charge is 0.481 e. The van der Waals surface area contributed by atoms with Crippen LogP contribution in [0.3, 0.4) is 0 Å². The topological polar surface area (TPSA) is 63.3 Å². The van der Waals surface area contributed by atoms with Crippen molar-refractivity contribution in [2.24, 2.45) is 5.73 Å². The highest BCUT2D eigenvalue weighted by molar-refractivity contribution is 5.82. The van der Waals surface area contributed by atoms with Gasteiger partial charge in [-0.05, 0) is 36.6 Å². The Balaban J connectivity index is 2.46. The van der Waals surface area contributed by atoms with Crippen molar-refractivity contribution >= 4 is 5.97 Å². The van der Waals surface area contributed by atoms with Gasteiger partial charge in [0.15, 0.2) is 0 Å². The third kappa shape index (κ3) is 3.11. The van der Waals surface area contributed by atoms with Crippen molar-refractivity contribution in [3.63, 3.8) is 0 Å². The Bertz CT molecular complexity index is 639. The fourth-order valence-electron chi connectivity index (χ4n) is 2.42. The van der Waals surface area contributed by atoms with E-state index in [9.17, 15) is 14.3 Å². The van der Waals surface area contributed by atoms with E-state index in [1.54, 1.807) is 6.07 Å². The van der Waals surface area contributed by atoms with E-state index in [-0.39, 0.29) is 13.0 Å². The van der Waals surface area contributed by atoms with E-state index >= 15 is 0 Å². The molecule has 4 heteroatoms. The van der Waals surface area contributed by atoms with Gasteiger partial charge in [0, 0.05) is 6.54 Å². The molecular formula is C17H18FNO2. The molecule has 110 valence electrons. The molecule has 0 fully saturated rings. The summed E-state index contributed by atoms with van der Waals surface area (Å²) >= 11 is 0. The van der Waals surface area contributed by atoms with E-state index in [1.165, 1.54) is 18.2 Å². The standard InChI is InChI=1S/C17H18FNO2/c1-12-5-7-13(8-6-12)10-17(11-19,16(20)21)14-3-2-4-15(18)9-14/h2-9H,10-11,19H2,1H3,(H,20,21). The van der Waals surface area contributed by atoms with E-state index in [4.69, 9.17) is 5.73 Å². The maximum Gasteiger partial charge on any atom is 0.315 e. The number of carboxylic acid groups (broad SMARTS) is 1. The molecule has 0 saturated carbocycles. The van der Waals surface area contributed by atoms with Crippen LogP contribution in [0.15, 0.2) is 48.5 Å². The van der Waals surface area contributed by atoms with Crippen molar-refractivity contribution in [3.05, 3.63) is 71.0 Å². The molecule has 2 aromatic carbocycles. The minimum Gasteiger partial charge on any atom is -0.481 e. The van der Waals surface area contributed by atoms with Gasteiger partial charge in [0.05, 0.1) is 0 Å². The summed E-state index contributed by atoms with van der Waals surface area (Å²) in [6.45, 7) is 1.86. The van der Waals surface area contributed by atoms with Gasteiger partial charge in [0.2, 0.25) is 0 Å². The second-order valence-corrected chi connectivity index (χ2v) is 5.26. The Kier molecular flexibility index (Phi) is 4.38. The van der Waals surface area contributed by atoms with Crippen LogP contribution in [0.5, 0.6) is 0 Å². The number of hydrogen-bond donors (Lipinski definition) is 2. The third-order valence-electron chi connectivity index (χ3n) is 3.76. The molecule has 1 unspecified atom stereocenters. The van der Waals surface area contributed by atoms with E-state index in [1.807, 2.05) is 31.2 Å². The highest BCUT2D eigenvalue weighted by Gasteiger charge is 2.39. The first-order chi connectivity index (χ1) is 9.98. The Morgan fingerprint density at radius 3 is 2.43 bits per heavy atom. The van der Waals surface area contributed by atoms with Crippen molar-refractivity contribution in [2.45, 2.75) is 18.8 Å². The van der Waals surface area contributed by atoms with Crippen LogP contribution in [0.25, 0.3) is 0 Å². The zero-order valence-electron chi connectivity index (χ0n) is 11.8. The van der Waals surface area contributed by atoms with Gasteiger partial charge in [-0.15, -0.1) is 0 Å². The molecule has 2 aromatic rings. The minimum atomic E-state index is -1.32. The van der Waals surface area contributed by atoms with E-state index in [0.29, 0.717) is 5.56 Å². The second-order valence-electron chi connectivity index (χ2n) is 5.26. The van der Waals surface area contributed by atoms with Gasteiger partial charge in [0.1, 0.15) is 11.2 Å². The Labute approximate surface area is 123 Å². The molecule has 3 nitrogen and oxygen atoms in total. The quantitative estimate of drug-likeness (QED) is 0.888. The lowest BCUT2D eigenvalue weighted by molar-refractivity contribution is -0.143. The van der Waals surface area contributed by atoms with Crippen molar-refractivity contribution in [2.75, 3.05) is 6.54 Å². The lowest BCUT2D eigenvalue weighted by Gasteiger charge is -2.28. The number of rotatable bonds is 5. The Morgan fingerprint density at radius 1 is 1.24 bits per heavy atom. The van der Waals surface area contributed by atoms with E-state index in [0.717, 1.165) is 11.1 Å². The summed E-state index contributed by atoms with van der Waals surface area (Å²) in [5.41, 5.74) is 6.78. The molecule has 2 rings (SSSR count). The molecule has 1 atom stereocenters. The maximum atomic E-state index is 13.5.